The number of nitrogens with one attached hydrogen (secondary N) is 1. The van der Waals surface area contributed by atoms with Crippen molar-refractivity contribution >= 4 is 45.8 Å². The molecule has 0 heterocycles. The van der Waals surface area contributed by atoms with Crippen molar-refractivity contribution < 1.29 is 27.9 Å². The molecule has 4 aromatic rings. The Morgan fingerprint density at radius 2 is 1.48 bits per heavy atom. The summed E-state index contributed by atoms with van der Waals surface area (Å²) in [6.45, 7) is 0.337. The van der Waals surface area contributed by atoms with Gasteiger partial charge in [-0.2, -0.15) is 0 Å². The number of hydrogen-bond donors (Lipinski definition) is 2. The van der Waals surface area contributed by atoms with Crippen LogP contribution in [0.4, 0.5) is 5.69 Å². The molecule has 0 saturated carbocycles. The first-order valence-electron chi connectivity index (χ1n) is 12.4. The Morgan fingerprint density at radius 3 is 2.15 bits per heavy atom. The number of ketones is 2. The number of amides is 1. The molecule has 4 aromatic carbocycles. The Kier molecular flexibility index (Phi) is 9.96. The van der Waals surface area contributed by atoms with Gasteiger partial charge < -0.3 is 14.6 Å². The summed E-state index contributed by atoms with van der Waals surface area (Å²) in [7, 11) is 0. The van der Waals surface area contributed by atoms with Crippen LogP contribution in [0.25, 0.3) is 0 Å². The molecule has 1 amide bonds. The number of benzene rings is 4. The third kappa shape index (κ3) is 7.72. The summed E-state index contributed by atoms with van der Waals surface area (Å²) in [5, 5.41) is 1.65. The van der Waals surface area contributed by atoms with Gasteiger partial charge in [-0.05, 0) is 40.5 Å². The Hall–Kier alpha value is -4.11. The molecule has 2 N–H and O–H groups in total. The number of anilines is 1. The number of rotatable bonds is 12. The van der Waals surface area contributed by atoms with Gasteiger partial charge in [-0.1, -0.05) is 96.5 Å². The quantitative estimate of drug-likeness (QED) is 0.165. The van der Waals surface area contributed by atoms with E-state index in [1.165, 1.54) is 0 Å². The largest absolute Gasteiger partial charge is 0.487 e. The van der Waals surface area contributed by atoms with E-state index in [1.54, 1.807) is 72.8 Å². The van der Waals surface area contributed by atoms with E-state index >= 15 is 0 Å². The molecule has 9 heteroatoms. The van der Waals surface area contributed by atoms with Crippen LogP contribution in [0.2, 0.25) is 5.02 Å². The fraction of sp³-hybridized carbons (Fsp3) is 0.129. The average Bonchev–Trinajstić information content (AvgIpc) is 2.94. The van der Waals surface area contributed by atoms with Gasteiger partial charge in [-0.15, -0.1) is 0 Å². The SMILES string of the molecule is O=C(Cc1ccc(OCc2ccccc2)c(Cl)c1)C(=O)Nc1ccccc1CC(=O)C(c1ccccc1)S(=O)O. The normalized spacial score (nSPS) is 12.2. The van der Waals surface area contributed by atoms with E-state index in [0.29, 0.717) is 34.1 Å². The number of hydrogen-bond acceptors (Lipinski definition) is 5. The highest BCUT2D eigenvalue weighted by Crippen LogP contribution is 2.27. The second-order valence-electron chi connectivity index (χ2n) is 8.96. The van der Waals surface area contributed by atoms with E-state index in [2.05, 4.69) is 5.32 Å². The van der Waals surface area contributed by atoms with E-state index < -0.39 is 33.8 Å². The maximum atomic E-state index is 13.0. The number of para-hydroxylation sites is 1. The van der Waals surface area contributed by atoms with Crippen LogP contribution in [0.5, 0.6) is 5.75 Å². The van der Waals surface area contributed by atoms with E-state index in [-0.39, 0.29) is 18.5 Å². The molecule has 0 aliphatic heterocycles. The second-order valence-corrected chi connectivity index (χ2v) is 10.4. The monoisotopic (exact) mass is 575 g/mol. The van der Waals surface area contributed by atoms with Crippen LogP contribution in [0.15, 0.2) is 103 Å². The summed E-state index contributed by atoms with van der Waals surface area (Å²) >= 11 is 3.91. The highest BCUT2D eigenvalue weighted by atomic mass is 35.5. The zero-order chi connectivity index (χ0) is 28.5. The minimum atomic E-state index is -2.43. The van der Waals surface area contributed by atoms with E-state index in [1.807, 2.05) is 30.3 Å². The molecule has 4 rings (SSSR count). The van der Waals surface area contributed by atoms with Crippen molar-refractivity contribution in [2.75, 3.05) is 5.32 Å². The molecule has 0 radical (unpaired) electrons. The van der Waals surface area contributed by atoms with Gasteiger partial charge in [-0.3, -0.25) is 14.4 Å². The van der Waals surface area contributed by atoms with Crippen LogP contribution in [-0.4, -0.2) is 26.2 Å². The van der Waals surface area contributed by atoms with E-state index in [4.69, 9.17) is 16.3 Å². The average molecular weight is 576 g/mol. The molecule has 0 fully saturated rings. The first kappa shape index (κ1) is 28.9. The molecule has 0 bridgehead atoms. The van der Waals surface area contributed by atoms with Gasteiger partial charge >= 0.3 is 0 Å². The van der Waals surface area contributed by atoms with Crippen LogP contribution in [-0.2, 0) is 44.9 Å². The van der Waals surface area contributed by atoms with Crippen molar-refractivity contribution in [3.05, 3.63) is 130 Å². The third-order valence-electron chi connectivity index (χ3n) is 6.08. The van der Waals surface area contributed by atoms with Gasteiger partial charge in [-0.25, -0.2) is 4.21 Å². The van der Waals surface area contributed by atoms with Crippen LogP contribution in [0.1, 0.15) is 27.5 Å². The summed E-state index contributed by atoms with van der Waals surface area (Å²) < 4.78 is 27.5. The predicted octanol–water partition coefficient (Wildman–Crippen LogP) is 5.74. The molecule has 40 heavy (non-hydrogen) atoms. The molecule has 0 aromatic heterocycles. The Morgan fingerprint density at radius 1 is 0.825 bits per heavy atom. The lowest BCUT2D eigenvalue weighted by Crippen LogP contribution is -2.26. The summed E-state index contributed by atoms with van der Waals surface area (Å²) in [4.78, 5) is 38.4. The van der Waals surface area contributed by atoms with Crippen LogP contribution in [0.3, 0.4) is 0 Å². The van der Waals surface area contributed by atoms with Gasteiger partial charge in [0.1, 0.15) is 17.6 Å². The Labute approximate surface area is 239 Å². The molecule has 2 unspecified atom stereocenters. The third-order valence-corrected chi connectivity index (χ3v) is 7.31. The molecular weight excluding hydrogens is 550 g/mol. The van der Waals surface area contributed by atoms with Crippen molar-refractivity contribution in [1.82, 2.24) is 0 Å². The number of halogens is 1. The zero-order valence-electron chi connectivity index (χ0n) is 21.3. The summed E-state index contributed by atoms with van der Waals surface area (Å²) in [6.07, 6.45) is -0.401. The lowest BCUT2D eigenvalue weighted by Gasteiger charge is -2.15. The number of carbonyl (C=O) groups excluding carboxylic acids is 3. The molecule has 0 saturated heterocycles. The molecule has 204 valence electrons. The van der Waals surface area contributed by atoms with Gasteiger partial charge in [0.15, 0.2) is 16.9 Å². The number of Topliss-reactive ketones (excluding diaryl/α,β-unsaturated/α-hetero) is 2. The Balaban J connectivity index is 1.39. The fourth-order valence-electron chi connectivity index (χ4n) is 4.08. The standard InChI is InChI=1S/C31H26ClNO6S/c32-25-17-22(15-16-29(25)39-20-21-9-3-1-4-10-21)18-28(35)31(36)33-26-14-8-7-13-24(26)19-27(34)30(40(37)38)23-11-5-2-6-12-23/h1-17,30H,18-20H2,(H,33,36)(H,37,38). The topological polar surface area (TPSA) is 110 Å². The fourth-order valence-corrected chi connectivity index (χ4v) is 5.04. The minimum Gasteiger partial charge on any atom is -0.487 e. The van der Waals surface area contributed by atoms with Crippen molar-refractivity contribution in [1.29, 1.82) is 0 Å². The van der Waals surface area contributed by atoms with Gasteiger partial charge in [0.2, 0.25) is 5.78 Å². The van der Waals surface area contributed by atoms with Crippen LogP contribution in [0, 0.1) is 0 Å². The van der Waals surface area contributed by atoms with E-state index in [9.17, 15) is 23.1 Å². The predicted molar refractivity (Wildman–Crippen MR) is 155 cm³/mol. The van der Waals surface area contributed by atoms with Gasteiger partial charge in [0.25, 0.3) is 5.91 Å². The summed E-state index contributed by atoms with van der Waals surface area (Å²) in [6, 6.07) is 29.4. The molecular formula is C31H26ClNO6S. The second kappa shape index (κ2) is 13.8. The molecule has 0 aliphatic carbocycles. The number of ether oxygens (including phenoxy) is 1. The lowest BCUT2D eigenvalue weighted by molar-refractivity contribution is -0.134. The first-order valence-corrected chi connectivity index (χ1v) is 13.9. The summed E-state index contributed by atoms with van der Waals surface area (Å²) in [5.41, 5.74) is 2.63. The molecule has 2 atom stereocenters. The highest BCUT2D eigenvalue weighted by molar-refractivity contribution is 7.80. The van der Waals surface area contributed by atoms with Crippen molar-refractivity contribution in [3.8, 4) is 5.75 Å². The molecule has 0 spiro atoms. The highest BCUT2D eigenvalue weighted by Gasteiger charge is 2.27. The van der Waals surface area contributed by atoms with Gasteiger partial charge in [0.05, 0.1) is 5.02 Å². The molecule has 0 aliphatic rings. The maximum Gasteiger partial charge on any atom is 0.292 e. The van der Waals surface area contributed by atoms with Crippen LogP contribution >= 0.6 is 11.6 Å². The number of carbonyl (C=O) groups is 3. The van der Waals surface area contributed by atoms with Crippen molar-refractivity contribution in [2.45, 2.75) is 24.7 Å². The smallest absolute Gasteiger partial charge is 0.292 e. The van der Waals surface area contributed by atoms with Gasteiger partial charge in [0, 0.05) is 18.5 Å². The van der Waals surface area contributed by atoms with Crippen molar-refractivity contribution in [3.63, 3.8) is 0 Å². The summed E-state index contributed by atoms with van der Waals surface area (Å²) in [5.74, 6) is -1.59. The maximum absolute atomic E-state index is 13.0. The van der Waals surface area contributed by atoms with Crippen molar-refractivity contribution in [2.24, 2.45) is 0 Å². The van der Waals surface area contributed by atoms with Crippen LogP contribution < -0.4 is 10.1 Å². The lowest BCUT2D eigenvalue weighted by atomic mass is 10.0. The van der Waals surface area contributed by atoms with E-state index in [0.717, 1.165) is 5.56 Å². The first-order chi connectivity index (χ1) is 19.3. The Bertz CT molecular complexity index is 1530. The molecule has 7 nitrogen and oxygen atoms in total. The minimum absolute atomic E-state index is 0.189. The zero-order valence-corrected chi connectivity index (χ0v) is 22.9.